The molecular formula is C15H17BrN2O3. The van der Waals surface area contributed by atoms with Crippen molar-refractivity contribution < 1.29 is 14.7 Å². The lowest BCUT2D eigenvalue weighted by Crippen LogP contribution is -2.34. The van der Waals surface area contributed by atoms with E-state index >= 15 is 0 Å². The van der Waals surface area contributed by atoms with Crippen LogP contribution in [-0.2, 0) is 9.59 Å². The summed E-state index contributed by atoms with van der Waals surface area (Å²) in [5.74, 6) is -0.870. The van der Waals surface area contributed by atoms with Gasteiger partial charge in [0.2, 0.25) is 5.91 Å². The average Bonchev–Trinajstić information content (AvgIpc) is 2.59. The van der Waals surface area contributed by atoms with Crippen LogP contribution in [0.1, 0.15) is 12.0 Å². The smallest absolute Gasteiger partial charge is 0.328 e. The van der Waals surface area contributed by atoms with Gasteiger partial charge >= 0.3 is 5.97 Å². The third-order valence-electron chi connectivity index (χ3n) is 3.43. The van der Waals surface area contributed by atoms with E-state index in [4.69, 9.17) is 5.11 Å². The highest BCUT2D eigenvalue weighted by Gasteiger charge is 2.19. The fraction of sp³-hybridized carbons (Fsp3) is 0.333. The molecule has 0 unspecified atom stereocenters. The van der Waals surface area contributed by atoms with E-state index in [0.29, 0.717) is 6.54 Å². The molecule has 0 bridgehead atoms. The van der Waals surface area contributed by atoms with Crippen molar-refractivity contribution in [3.05, 3.63) is 34.3 Å². The van der Waals surface area contributed by atoms with Gasteiger partial charge in [0, 0.05) is 36.4 Å². The standard InChI is InChI=1S/C15H17BrN2O3/c1-17-7-2-8-18(10-14(17)19)12-5-3-11(13(16)9-12)4-6-15(20)21/h3-6,9H,2,7-8,10H2,1H3,(H,20,21)/b6-4+. The highest BCUT2D eigenvalue weighted by Crippen LogP contribution is 2.26. The number of benzene rings is 1. The van der Waals surface area contributed by atoms with Crippen molar-refractivity contribution in [3.8, 4) is 0 Å². The summed E-state index contributed by atoms with van der Waals surface area (Å²) in [5, 5.41) is 8.66. The van der Waals surface area contributed by atoms with E-state index in [0.717, 1.165) is 41.3 Å². The molecule has 0 radical (unpaired) electrons. The van der Waals surface area contributed by atoms with Crippen LogP contribution in [0, 0.1) is 0 Å². The number of hydrogen-bond donors (Lipinski definition) is 1. The maximum atomic E-state index is 11.9. The van der Waals surface area contributed by atoms with Gasteiger partial charge in [-0.1, -0.05) is 22.0 Å². The molecule has 112 valence electrons. The topological polar surface area (TPSA) is 60.9 Å². The number of carboxylic acids is 1. The number of carboxylic acid groups (broad SMARTS) is 1. The van der Waals surface area contributed by atoms with Crippen molar-refractivity contribution in [3.63, 3.8) is 0 Å². The summed E-state index contributed by atoms with van der Waals surface area (Å²) in [7, 11) is 1.82. The van der Waals surface area contributed by atoms with E-state index in [1.807, 2.05) is 30.1 Å². The first-order valence-electron chi connectivity index (χ1n) is 6.67. The first kappa shape index (κ1) is 15.6. The minimum Gasteiger partial charge on any atom is -0.478 e. The summed E-state index contributed by atoms with van der Waals surface area (Å²) >= 11 is 3.44. The van der Waals surface area contributed by atoms with Crippen LogP contribution in [-0.4, -0.2) is 48.6 Å². The highest BCUT2D eigenvalue weighted by atomic mass is 79.9. The Morgan fingerprint density at radius 2 is 2.14 bits per heavy atom. The largest absolute Gasteiger partial charge is 0.478 e. The number of hydrogen-bond acceptors (Lipinski definition) is 3. The zero-order valence-electron chi connectivity index (χ0n) is 11.8. The van der Waals surface area contributed by atoms with Gasteiger partial charge in [-0.25, -0.2) is 4.79 Å². The Morgan fingerprint density at radius 3 is 2.81 bits per heavy atom. The zero-order valence-corrected chi connectivity index (χ0v) is 13.3. The molecule has 0 aromatic heterocycles. The van der Waals surface area contributed by atoms with Crippen molar-refractivity contribution >= 4 is 39.6 Å². The normalized spacial score (nSPS) is 16.4. The van der Waals surface area contributed by atoms with Crippen LogP contribution in [0.4, 0.5) is 5.69 Å². The lowest BCUT2D eigenvalue weighted by molar-refractivity contribution is -0.131. The van der Waals surface area contributed by atoms with Crippen LogP contribution in [0.2, 0.25) is 0 Å². The van der Waals surface area contributed by atoms with Crippen LogP contribution in [0.15, 0.2) is 28.7 Å². The predicted molar refractivity (Wildman–Crippen MR) is 85.3 cm³/mol. The second kappa shape index (κ2) is 6.76. The third-order valence-corrected chi connectivity index (χ3v) is 4.11. The zero-order chi connectivity index (χ0) is 15.4. The number of nitrogens with zero attached hydrogens (tertiary/aromatic N) is 2. The van der Waals surface area contributed by atoms with Crippen LogP contribution in [0.3, 0.4) is 0 Å². The molecule has 1 fully saturated rings. The Labute approximate surface area is 132 Å². The van der Waals surface area contributed by atoms with Crippen molar-refractivity contribution in [1.82, 2.24) is 4.90 Å². The number of amides is 1. The van der Waals surface area contributed by atoms with Gasteiger partial charge in [-0.05, 0) is 30.2 Å². The molecule has 1 heterocycles. The number of rotatable bonds is 3. The monoisotopic (exact) mass is 352 g/mol. The van der Waals surface area contributed by atoms with Gasteiger partial charge < -0.3 is 14.9 Å². The molecular weight excluding hydrogens is 336 g/mol. The lowest BCUT2D eigenvalue weighted by atomic mass is 10.1. The minimum atomic E-state index is -0.980. The number of carbonyl (C=O) groups is 2. The molecule has 1 aromatic carbocycles. The summed E-state index contributed by atoms with van der Waals surface area (Å²) in [6, 6.07) is 5.67. The maximum absolute atomic E-state index is 11.9. The van der Waals surface area contributed by atoms with Gasteiger partial charge in [0.1, 0.15) is 0 Å². The van der Waals surface area contributed by atoms with E-state index in [1.54, 1.807) is 4.90 Å². The van der Waals surface area contributed by atoms with Gasteiger partial charge in [-0.15, -0.1) is 0 Å². The molecule has 6 heteroatoms. The van der Waals surface area contributed by atoms with Gasteiger partial charge in [-0.3, -0.25) is 4.79 Å². The Bertz CT molecular complexity index is 586. The second-order valence-corrected chi connectivity index (χ2v) is 5.82. The molecule has 2 rings (SSSR count). The number of likely N-dealkylation sites (N-methyl/N-ethyl adjacent to an activating group) is 1. The van der Waals surface area contributed by atoms with Crippen LogP contribution in [0.25, 0.3) is 6.08 Å². The number of aliphatic carboxylic acids is 1. The summed E-state index contributed by atoms with van der Waals surface area (Å²) in [6.45, 7) is 1.97. The number of anilines is 1. The first-order chi connectivity index (χ1) is 9.97. The first-order valence-corrected chi connectivity index (χ1v) is 7.46. The number of carbonyl (C=O) groups excluding carboxylic acids is 1. The van der Waals surface area contributed by atoms with Crippen LogP contribution in [0.5, 0.6) is 0 Å². The Morgan fingerprint density at radius 1 is 1.38 bits per heavy atom. The summed E-state index contributed by atoms with van der Waals surface area (Å²) in [5.41, 5.74) is 1.75. The van der Waals surface area contributed by atoms with Crippen molar-refractivity contribution in [2.75, 3.05) is 31.6 Å². The molecule has 0 spiro atoms. The van der Waals surface area contributed by atoms with Crippen molar-refractivity contribution in [2.45, 2.75) is 6.42 Å². The second-order valence-electron chi connectivity index (χ2n) is 4.97. The van der Waals surface area contributed by atoms with Crippen LogP contribution < -0.4 is 4.90 Å². The molecule has 0 saturated carbocycles. The SMILES string of the molecule is CN1CCCN(c2ccc(/C=C/C(=O)O)c(Br)c2)CC1=O. The molecule has 5 nitrogen and oxygen atoms in total. The summed E-state index contributed by atoms with van der Waals surface area (Å²) in [4.78, 5) is 26.3. The molecule has 1 aromatic rings. The minimum absolute atomic E-state index is 0.110. The van der Waals surface area contributed by atoms with Gasteiger partial charge in [0.15, 0.2) is 0 Å². The van der Waals surface area contributed by atoms with E-state index in [2.05, 4.69) is 15.9 Å². The molecule has 1 aliphatic rings. The maximum Gasteiger partial charge on any atom is 0.328 e. The molecule has 0 atom stereocenters. The summed E-state index contributed by atoms with van der Waals surface area (Å²) < 4.78 is 0.808. The van der Waals surface area contributed by atoms with E-state index in [1.165, 1.54) is 6.08 Å². The average molecular weight is 353 g/mol. The Hall–Kier alpha value is -1.82. The fourth-order valence-electron chi connectivity index (χ4n) is 2.22. The lowest BCUT2D eigenvalue weighted by Gasteiger charge is -2.22. The Balaban J connectivity index is 2.19. The van der Waals surface area contributed by atoms with E-state index in [9.17, 15) is 9.59 Å². The highest BCUT2D eigenvalue weighted by molar-refractivity contribution is 9.10. The summed E-state index contributed by atoms with van der Waals surface area (Å²) in [6.07, 6.45) is 3.57. The van der Waals surface area contributed by atoms with Gasteiger partial charge in [0.05, 0.1) is 6.54 Å². The number of halogens is 1. The predicted octanol–water partition coefficient (Wildman–Crippen LogP) is 2.22. The molecule has 21 heavy (non-hydrogen) atoms. The van der Waals surface area contributed by atoms with Gasteiger partial charge in [0.25, 0.3) is 0 Å². The van der Waals surface area contributed by atoms with Crippen LogP contribution >= 0.6 is 15.9 Å². The molecule has 1 amide bonds. The molecule has 1 aliphatic heterocycles. The molecule has 1 N–H and O–H groups in total. The van der Waals surface area contributed by atoms with Gasteiger partial charge in [-0.2, -0.15) is 0 Å². The fourth-order valence-corrected chi connectivity index (χ4v) is 2.71. The van der Waals surface area contributed by atoms with E-state index < -0.39 is 5.97 Å². The molecule has 0 aliphatic carbocycles. The molecule has 1 saturated heterocycles. The quantitative estimate of drug-likeness (QED) is 0.847. The van der Waals surface area contributed by atoms with Crippen molar-refractivity contribution in [2.24, 2.45) is 0 Å². The third kappa shape index (κ3) is 4.07. The van der Waals surface area contributed by atoms with Crippen molar-refractivity contribution in [1.29, 1.82) is 0 Å². The Kier molecular flexibility index (Phi) is 5.01. The van der Waals surface area contributed by atoms with E-state index in [-0.39, 0.29) is 5.91 Å².